The van der Waals surface area contributed by atoms with Gasteiger partial charge < -0.3 is 20.9 Å². The first kappa shape index (κ1) is 16.0. The molecule has 1 atom stereocenters. The maximum atomic E-state index is 11.6. The highest BCUT2D eigenvalue weighted by Crippen LogP contribution is 2.25. The highest BCUT2D eigenvalue weighted by molar-refractivity contribution is 5.94. The minimum Gasteiger partial charge on any atom is -0.494 e. The normalized spacial score (nSPS) is 11.8. The van der Waals surface area contributed by atoms with E-state index in [-0.39, 0.29) is 6.61 Å². The Kier molecular flexibility index (Phi) is 5.52. The lowest BCUT2D eigenvalue weighted by Crippen LogP contribution is -2.38. The summed E-state index contributed by atoms with van der Waals surface area (Å²) in [5.41, 5.74) is 8.15. The van der Waals surface area contributed by atoms with Crippen LogP contribution in [0.25, 0.3) is 11.1 Å². The molecule has 0 heterocycles. The number of carbonyl (C=O) groups is 1. The second-order valence-corrected chi connectivity index (χ2v) is 4.82. The fourth-order valence-corrected chi connectivity index (χ4v) is 2.00. The Bertz CT molecular complexity index is 626. The van der Waals surface area contributed by atoms with Crippen molar-refractivity contribution in [3.8, 4) is 16.9 Å². The van der Waals surface area contributed by atoms with Gasteiger partial charge in [-0.3, -0.25) is 4.79 Å². The van der Waals surface area contributed by atoms with Crippen LogP contribution < -0.4 is 15.8 Å². The van der Waals surface area contributed by atoms with Crippen molar-refractivity contribution in [2.24, 2.45) is 5.73 Å². The number of anilines is 1. The van der Waals surface area contributed by atoms with Crippen LogP contribution in [0.4, 0.5) is 5.69 Å². The van der Waals surface area contributed by atoms with Crippen LogP contribution in [0.15, 0.2) is 48.5 Å². The van der Waals surface area contributed by atoms with Gasteiger partial charge in [-0.15, -0.1) is 0 Å². The lowest BCUT2D eigenvalue weighted by Gasteiger charge is -2.10. The third kappa shape index (κ3) is 4.07. The van der Waals surface area contributed by atoms with Crippen molar-refractivity contribution < 1.29 is 14.6 Å². The number of aliphatic hydroxyl groups excluding tert-OH is 1. The molecule has 2 rings (SSSR count). The van der Waals surface area contributed by atoms with Crippen LogP contribution in [0, 0.1) is 0 Å². The number of hydrogen-bond donors (Lipinski definition) is 3. The predicted molar refractivity (Wildman–Crippen MR) is 86.7 cm³/mol. The van der Waals surface area contributed by atoms with Crippen LogP contribution in [0.1, 0.15) is 6.92 Å². The molecule has 0 fully saturated rings. The van der Waals surface area contributed by atoms with Gasteiger partial charge in [-0.2, -0.15) is 0 Å². The van der Waals surface area contributed by atoms with E-state index in [0.717, 1.165) is 16.9 Å². The van der Waals surface area contributed by atoms with E-state index in [2.05, 4.69) is 5.32 Å². The van der Waals surface area contributed by atoms with Gasteiger partial charge in [0, 0.05) is 5.69 Å². The smallest absolute Gasteiger partial charge is 0.243 e. The standard InChI is InChI=1S/C17H20N2O3/c1-2-22-15-5-3-4-13(10-15)12-6-8-14(9-7-12)19-17(21)16(18)11-20/h3-10,16,20H,2,11,18H2,1H3,(H,19,21)/t16-/m0/s1. The highest BCUT2D eigenvalue weighted by Gasteiger charge is 2.11. The third-order valence-electron chi connectivity index (χ3n) is 3.16. The van der Waals surface area contributed by atoms with Gasteiger partial charge in [-0.05, 0) is 42.3 Å². The fraction of sp³-hybridized carbons (Fsp3) is 0.235. The molecule has 0 unspecified atom stereocenters. The number of amides is 1. The Morgan fingerprint density at radius 3 is 2.59 bits per heavy atom. The number of ether oxygens (including phenoxy) is 1. The van der Waals surface area contributed by atoms with Crippen LogP contribution in [0.3, 0.4) is 0 Å². The van der Waals surface area contributed by atoms with Crippen LogP contribution in [0.5, 0.6) is 5.75 Å². The molecule has 0 aliphatic rings. The molecule has 5 heteroatoms. The summed E-state index contributed by atoms with van der Waals surface area (Å²) in [6.07, 6.45) is 0. The molecule has 0 saturated carbocycles. The summed E-state index contributed by atoms with van der Waals surface area (Å²) in [7, 11) is 0. The van der Waals surface area contributed by atoms with E-state index in [1.165, 1.54) is 0 Å². The molecule has 5 nitrogen and oxygen atoms in total. The number of nitrogens with one attached hydrogen (secondary N) is 1. The molecule has 0 aliphatic carbocycles. The second-order valence-electron chi connectivity index (χ2n) is 4.82. The number of carbonyl (C=O) groups excluding carboxylic acids is 1. The van der Waals surface area contributed by atoms with E-state index in [4.69, 9.17) is 15.6 Å². The van der Waals surface area contributed by atoms with Crippen molar-refractivity contribution in [1.82, 2.24) is 0 Å². The molecule has 1 amide bonds. The molecule has 2 aromatic rings. The third-order valence-corrected chi connectivity index (χ3v) is 3.16. The Morgan fingerprint density at radius 1 is 1.23 bits per heavy atom. The van der Waals surface area contributed by atoms with E-state index in [1.54, 1.807) is 12.1 Å². The molecule has 2 aromatic carbocycles. The zero-order valence-electron chi connectivity index (χ0n) is 12.5. The van der Waals surface area contributed by atoms with E-state index < -0.39 is 11.9 Å². The average molecular weight is 300 g/mol. The zero-order valence-corrected chi connectivity index (χ0v) is 12.5. The number of benzene rings is 2. The molecule has 22 heavy (non-hydrogen) atoms. The number of rotatable bonds is 6. The van der Waals surface area contributed by atoms with Crippen molar-refractivity contribution in [3.63, 3.8) is 0 Å². The van der Waals surface area contributed by atoms with Crippen molar-refractivity contribution in [1.29, 1.82) is 0 Å². The molecule has 0 bridgehead atoms. The molecule has 0 aromatic heterocycles. The number of nitrogens with two attached hydrogens (primary N) is 1. The number of hydrogen-bond acceptors (Lipinski definition) is 4. The highest BCUT2D eigenvalue weighted by atomic mass is 16.5. The summed E-state index contributed by atoms with van der Waals surface area (Å²) in [6, 6.07) is 14.3. The molecule has 0 saturated heterocycles. The van der Waals surface area contributed by atoms with Gasteiger partial charge in [0.2, 0.25) is 5.91 Å². The quantitative estimate of drug-likeness (QED) is 0.762. The lowest BCUT2D eigenvalue weighted by molar-refractivity contribution is -0.118. The zero-order chi connectivity index (χ0) is 15.9. The summed E-state index contributed by atoms with van der Waals surface area (Å²) in [5.74, 6) is 0.417. The summed E-state index contributed by atoms with van der Waals surface area (Å²) in [5, 5.41) is 11.5. The Hall–Kier alpha value is -2.37. The maximum Gasteiger partial charge on any atom is 0.243 e. The summed E-state index contributed by atoms with van der Waals surface area (Å²) in [4.78, 5) is 11.6. The van der Waals surface area contributed by atoms with Gasteiger partial charge in [-0.1, -0.05) is 24.3 Å². The SMILES string of the molecule is CCOc1cccc(-c2ccc(NC(=O)[C@@H](N)CO)cc2)c1. The van der Waals surface area contributed by atoms with E-state index >= 15 is 0 Å². The van der Waals surface area contributed by atoms with Crippen molar-refractivity contribution in [3.05, 3.63) is 48.5 Å². The largest absolute Gasteiger partial charge is 0.494 e. The second kappa shape index (κ2) is 7.59. The molecule has 0 spiro atoms. The minimum atomic E-state index is -0.914. The molecule has 4 N–H and O–H groups in total. The summed E-state index contributed by atoms with van der Waals surface area (Å²) in [6.45, 7) is 2.19. The van der Waals surface area contributed by atoms with Gasteiger partial charge in [0.1, 0.15) is 11.8 Å². The molecular formula is C17H20N2O3. The Balaban J connectivity index is 2.11. The summed E-state index contributed by atoms with van der Waals surface area (Å²) >= 11 is 0. The van der Waals surface area contributed by atoms with Crippen molar-refractivity contribution >= 4 is 11.6 Å². The van der Waals surface area contributed by atoms with Crippen LogP contribution in [0.2, 0.25) is 0 Å². The van der Waals surface area contributed by atoms with Crippen LogP contribution in [-0.4, -0.2) is 30.3 Å². The topological polar surface area (TPSA) is 84.6 Å². The van der Waals surface area contributed by atoms with Crippen molar-refractivity contribution in [2.45, 2.75) is 13.0 Å². The monoisotopic (exact) mass is 300 g/mol. The lowest BCUT2D eigenvalue weighted by atomic mass is 10.1. The minimum absolute atomic E-state index is 0.381. The first-order valence-corrected chi connectivity index (χ1v) is 7.14. The van der Waals surface area contributed by atoms with Gasteiger partial charge >= 0.3 is 0 Å². The van der Waals surface area contributed by atoms with Gasteiger partial charge in [0.25, 0.3) is 0 Å². The molecule has 0 aliphatic heterocycles. The molecular weight excluding hydrogens is 280 g/mol. The van der Waals surface area contributed by atoms with E-state index in [1.807, 2.05) is 43.3 Å². The average Bonchev–Trinajstić information content (AvgIpc) is 2.55. The van der Waals surface area contributed by atoms with E-state index in [0.29, 0.717) is 12.3 Å². The first-order valence-electron chi connectivity index (χ1n) is 7.14. The van der Waals surface area contributed by atoms with Crippen LogP contribution in [-0.2, 0) is 4.79 Å². The first-order chi connectivity index (χ1) is 10.6. The molecule has 116 valence electrons. The van der Waals surface area contributed by atoms with Gasteiger partial charge in [0.15, 0.2) is 0 Å². The van der Waals surface area contributed by atoms with Gasteiger partial charge in [0.05, 0.1) is 13.2 Å². The van der Waals surface area contributed by atoms with Crippen LogP contribution >= 0.6 is 0 Å². The Morgan fingerprint density at radius 2 is 1.95 bits per heavy atom. The molecule has 0 radical (unpaired) electrons. The maximum absolute atomic E-state index is 11.6. The predicted octanol–water partition coefficient (Wildman–Crippen LogP) is 2.01. The Labute approximate surface area is 129 Å². The van der Waals surface area contributed by atoms with E-state index in [9.17, 15) is 4.79 Å². The number of aliphatic hydroxyl groups is 1. The van der Waals surface area contributed by atoms with Gasteiger partial charge in [-0.25, -0.2) is 0 Å². The fourth-order valence-electron chi connectivity index (χ4n) is 2.00. The van der Waals surface area contributed by atoms with Crippen molar-refractivity contribution in [2.75, 3.05) is 18.5 Å². The summed E-state index contributed by atoms with van der Waals surface area (Å²) < 4.78 is 5.49.